The molecule has 2 N–H and O–H groups in total. The predicted octanol–water partition coefficient (Wildman–Crippen LogP) is 3.52. The van der Waals surface area contributed by atoms with Gasteiger partial charge in [-0.2, -0.15) is 0 Å². The van der Waals surface area contributed by atoms with Crippen LogP contribution in [0.4, 0.5) is 0 Å². The Morgan fingerprint density at radius 2 is 1.88 bits per heavy atom. The highest BCUT2D eigenvalue weighted by Gasteiger charge is 2.11. The molecule has 1 aromatic rings. The largest absolute Gasteiger partial charge is 0.493 e. The van der Waals surface area contributed by atoms with E-state index in [1.165, 1.54) is 0 Å². The molecule has 16 heavy (non-hydrogen) atoms. The quantitative estimate of drug-likeness (QED) is 0.844. The molecule has 0 aliphatic heterocycles. The molecule has 0 radical (unpaired) electrons. The molecular weight excluding hydrogens is 198 g/mol. The molecule has 90 valence electrons. The Morgan fingerprint density at radius 1 is 1.25 bits per heavy atom. The summed E-state index contributed by atoms with van der Waals surface area (Å²) in [6.07, 6.45) is 1.04. The highest BCUT2D eigenvalue weighted by molar-refractivity contribution is 5.35. The number of nitrogens with two attached hydrogens (primary N) is 1. The first-order valence-corrected chi connectivity index (χ1v) is 5.87. The van der Waals surface area contributed by atoms with Crippen LogP contribution in [0.2, 0.25) is 0 Å². The Kier molecular flexibility index (Phi) is 4.36. The van der Waals surface area contributed by atoms with E-state index in [0.717, 1.165) is 24.3 Å². The van der Waals surface area contributed by atoms with Crippen LogP contribution in [-0.4, -0.2) is 6.61 Å². The smallest absolute Gasteiger partial charge is 0.124 e. The first-order chi connectivity index (χ1) is 7.40. The van der Waals surface area contributed by atoms with Crippen LogP contribution < -0.4 is 10.5 Å². The maximum Gasteiger partial charge on any atom is 0.124 e. The second-order valence-corrected chi connectivity index (χ2v) is 5.49. The molecule has 1 atom stereocenters. The summed E-state index contributed by atoms with van der Waals surface area (Å²) >= 11 is 0. The highest BCUT2D eigenvalue weighted by atomic mass is 16.5. The number of hydrogen-bond donors (Lipinski definition) is 1. The van der Waals surface area contributed by atoms with E-state index in [1.807, 2.05) is 31.2 Å². The van der Waals surface area contributed by atoms with Gasteiger partial charge in [0.1, 0.15) is 5.75 Å². The summed E-state index contributed by atoms with van der Waals surface area (Å²) in [5, 5.41) is 0. The molecule has 0 amide bonds. The van der Waals surface area contributed by atoms with E-state index in [2.05, 4.69) is 20.8 Å². The normalized spacial score (nSPS) is 13.6. The summed E-state index contributed by atoms with van der Waals surface area (Å²) in [4.78, 5) is 0. The molecule has 2 heteroatoms. The molecule has 0 heterocycles. The summed E-state index contributed by atoms with van der Waals surface area (Å²) in [5.41, 5.74) is 7.28. The minimum Gasteiger partial charge on any atom is -0.493 e. The average Bonchev–Trinajstić information content (AvgIpc) is 2.16. The predicted molar refractivity (Wildman–Crippen MR) is 68.6 cm³/mol. The fourth-order valence-corrected chi connectivity index (χ4v) is 1.46. The monoisotopic (exact) mass is 221 g/mol. The molecule has 0 unspecified atom stereocenters. The zero-order valence-corrected chi connectivity index (χ0v) is 10.8. The maximum atomic E-state index is 5.89. The van der Waals surface area contributed by atoms with Gasteiger partial charge in [0, 0.05) is 11.6 Å². The lowest BCUT2D eigenvalue weighted by molar-refractivity contribution is 0.241. The van der Waals surface area contributed by atoms with Gasteiger partial charge >= 0.3 is 0 Å². The van der Waals surface area contributed by atoms with E-state index in [-0.39, 0.29) is 6.04 Å². The number of rotatable bonds is 4. The molecule has 0 aliphatic carbocycles. The second kappa shape index (κ2) is 5.35. The fourth-order valence-electron chi connectivity index (χ4n) is 1.46. The Morgan fingerprint density at radius 3 is 2.44 bits per heavy atom. The van der Waals surface area contributed by atoms with Crippen molar-refractivity contribution in [2.75, 3.05) is 6.61 Å². The van der Waals surface area contributed by atoms with Gasteiger partial charge in [0.15, 0.2) is 0 Å². The lowest BCUT2D eigenvalue weighted by Gasteiger charge is -2.19. The number of para-hydroxylation sites is 1. The Balaban J connectivity index is 2.60. The minimum absolute atomic E-state index is 0.0193. The molecule has 0 fully saturated rings. The summed E-state index contributed by atoms with van der Waals surface area (Å²) in [7, 11) is 0. The fraction of sp³-hybridized carbons (Fsp3) is 0.571. The van der Waals surface area contributed by atoms with Crippen molar-refractivity contribution < 1.29 is 4.74 Å². The number of benzene rings is 1. The van der Waals surface area contributed by atoms with Crippen LogP contribution in [0.25, 0.3) is 0 Å². The lowest BCUT2D eigenvalue weighted by Crippen LogP contribution is -2.13. The van der Waals surface area contributed by atoms with Gasteiger partial charge in [0.25, 0.3) is 0 Å². The van der Waals surface area contributed by atoms with Crippen molar-refractivity contribution in [3.63, 3.8) is 0 Å². The third-order valence-corrected chi connectivity index (χ3v) is 2.52. The van der Waals surface area contributed by atoms with Crippen molar-refractivity contribution in [3.05, 3.63) is 29.8 Å². The number of ether oxygens (including phenoxy) is 1. The summed E-state index contributed by atoms with van der Waals surface area (Å²) in [6.45, 7) is 9.37. The van der Waals surface area contributed by atoms with Gasteiger partial charge in [-0.05, 0) is 24.8 Å². The molecule has 2 nitrogen and oxygen atoms in total. The molecule has 0 aromatic heterocycles. The first kappa shape index (κ1) is 13.0. The Labute approximate surface area is 98.8 Å². The highest BCUT2D eigenvalue weighted by Crippen LogP contribution is 2.25. The maximum absolute atomic E-state index is 5.89. The van der Waals surface area contributed by atoms with E-state index in [0.29, 0.717) is 5.41 Å². The van der Waals surface area contributed by atoms with Gasteiger partial charge in [0.05, 0.1) is 6.61 Å². The van der Waals surface area contributed by atoms with Gasteiger partial charge in [-0.25, -0.2) is 0 Å². The van der Waals surface area contributed by atoms with Crippen LogP contribution in [0.5, 0.6) is 5.75 Å². The second-order valence-electron chi connectivity index (χ2n) is 5.49. The Bertz CT molecular complexity index is 326. The van der Waals surface area contributed by atoms with Crippen LogP contribution in [0.3, 0.4) is 0 Å². The third kappa shape index (κ3) is 4.23. The van der Waals surface area contributed by atoms with Crippen LogP contribution in [0.15, 0.2) is 24.3 Å². The van der Waals surface area contributed by atoms with Crippen molar-refractivity contribution in [1.29, 1.82) is 0 Å². The summed E-state index contributed by atoms with van der Waals surface area (Å²) in [6, 6.07) is 8.01. The van der Waals surface area contributed by atoms with E-state index < -0.39 is 0 Å². The van der Waals surface area contributed by atoms with Gasteiger partial charge in [-0.15, -0.1) is 0 Å². The SMILES string of the molecule is C[C@H](N)c1ccccc1OCCC(C)(C)C. The van der Waals surface area contributed by atoms with E-state index in [4.69, 9.17) is 10.5 Å². The molecule has 0 aliphatic rings. The van der Waals surface area contributed by atoms with Crippen LogP contribution in [0, 0.1) is 5.41 Å². The number of hydrogen-bond acceptors (Lipinski definition) is 2. The first-order valence-electron chi connectivity index (χ1n) is 5.87. The van der Waals surface area contributed by atoms with Gasteiger partial charge in [-0.3, -0.25) is 0 Å². The average molecular weight is 221 g/mol. The standard InChI is InChI=1S/C14H23NO/c1-11(15)12-7-5-6-8-13(12)16-10-9-14(2,3)4/h5-8,11H,9-10,15H2,1-4H3/t11-/m0/s1. The molecule has 0 saturated heterocycles. The van der Waals surface area contributed by atoms with E-state index in [9.17, 15) is 0 Å². The topological polar surface area (TPSA) is 35.2 Å². The van der Waals surface area contributed by atoms with E-state index >= 15 is 0 Å². The molecular formula is C14H23NO. The summed E-state index contributed by atoms with van der Waals surface area (Å²) < 4.78 is 5.79. The van der Waals surface area contributed by atoms with Crippen molar-refractivity contribution in [2.45, 2.75) is 40.2 Å². The van der Waals surface area contributed by atoms with Crippen molar-refractivity contribution >= 4 is 0 Å². The van der Waals surface area contributed by atoms with Gasteiger partial charge in [-0.1, -0.05) is 39.0 Å². The van der Waals surface area contributed by atoms with Crippen LogP contribution >= 0.6 is 0 Å². The van der Waals surface area contributed by atoms with Crippen molar-refractivity contribution in [3.8, 4) is 5.75 Å². The molecule has 0 saturated carbocycles. The molecule has 1 aromatic carbocycles. The van der Waals surface area contributed by atoms with Gasteiger partial charge in [0.2, 0.25) is 0 Å². The minimum atomic E-state index is 0.0193. The molecule has 0 spiro atoms. The lowest BCUT2D eigenvalue weighted by atomic mass is 9.93. The Hall–Kier alpha value is -1.02. The zero-order chi connectivity index (χ0) is 12.2. The summed E-state index contributed by atoms with van der Waals surface area (Å²) in [5.74, 6) is 0.918. The van der Waals surface area contributed by atoms with Crippen molar-refractivity contribution in [2.24, 2.45) is 11.1 Å². The van der Waals surface area contributed by atoms with Crippen LogP contribution in [-0.2, 0) is 0 Å². The van der Waals surface area contributed by atoms with E-state index in [1.54, 1.807) is 0 Å². The van der Waals surface area contributed by atoms with Crippen LogP contribution in [0.1, 0.15) is 45.7 Å². The van der Waals surface area contributed by atoms with Gasteiger partial charge < -0.3 is 10.5 Å². The van der Waals surface area contributed by atoms with Crippen molar-refractivity contribution in [1.82, 2.24) is 0 Å². The third-order valence-electron chi connectivity index (χ3n) is 2.52. The zero-order valence-electron chi connectivity index (χ0n) is 10.8. The molecule has 1 rings (SSSR count). The molecule has 0 bridgehead atoms.